The van der Waals surface area contributed by atoms with Crippen molar-refractivity contribution in [3.05, 3.63) is 12.2 Å². The molecule has 4 unspecified atom stereocenters. The van der Waals surface area contributed by atoms with Crippen LogP contribution in [0.15, 0.2) is 12.2 Å². The summed E-state index contributed by atoms with van der Waals surface area (Å²) in [5, 5.41) is 9.69. The molecule has 0 amide bonds. The lowest BCUT2D eigenvalue weighted by molar-refractivity contribution is -0.143. The molecule has 1 aliphatic heterocycles. The van der Waals surface area contributed by atoms with Gasteiger partial charge in [-0.15, -0.1) is 0 Å². The molecular formula is C9H11BrO3. The molecule has 3 nitrogen and oxygen atoms in total. The predicted molar refractivity (Wildman–Crippen MR) is 50.8 cm³/mol. The highest BCUT2D eigenvalue weighted by Gasteiger charge is 2.56. The lowest BCUT2D eigenvalue weighted by Crippen LogP contribution is -2.21. The van der Waals surface area contributed by atoms with E-state index in [4.69, 9.17) is 9.84 Å². The first kappa shape index (κ1) is 9.21. The number of hydrogen-bond acceptors (Lipinski definition) is 2. The lowest BCUT2D eigenvalue weighted by Gasteiger charge is -2.13. The van der Waals surface area contributed by atoms with Crippen molar-refractivity contribution in [1.29, 1.82) is 0 Å². The van der Waals surface area contributed by atoms with Crippen LogP contribution in [-0.4, -0.2) is 28.6 Å². The number of alkyl halides is 1. The molecule has 1 heterocycles. The van der Waals surface area contributed by atoms with Crippen LogP contribution in [0.3, 0.4) is 0 Å². The number of carboxylic acids is 1. The number of carboxylic acid groups (broad SMARTS) is 1. The largest absolute Gasteiger partial charge is 0.481 e. The van der Waals surface area contributed by atoms with Gasteiger partial charge in [0.25, 0.3) is 0 Å². The van der Waals surface area contributed by atoms with Crippen LogP contribution in [0.5, 0.6) is 0 Å². The van der Waals surface area contributed by atoms with Gasteiger partial charge in [0, 0.05) is 11.2 Å². The van der Waals surface area contributed by atoms with E-state index in [1.165, 1.54) is 0 Å². The van der Waals surface area contributed by atoms with E-state index >= 15 is 0 Å². The van der Waals surface area contributed by atoms with Gasteiger partial charge in [-0.05, 0) is 6.42 Å². The first-order chi connectivity index (χ1) is 6.24. The monoisotopic (exact) mass is 246 g/mol. The molecule has 72 valence electrons. The summed E-state index contributed by atoms with van der Waals surface area (Å²) in [5.41, 5.74) is 0. The quantitative estimate of drug-likeness (QED) is 0.466. The van der Waals surface area contributed by atoms with Crippen LogP contribution in [0.4, 0.5) is 0 Å². The third-order valence-corrected chi connectivity index (χ3v) is 3.09. The van der Waals surface area contributed by atoms with Gasteiger partial charge in [0.1, 0.15) is 0 Å². The van der Waals surface area contributed by atoms with Crippen LogP contribution in [0.2, 0.25) is 0 Å². The van der Waals surface area contributed by atoms with Crippen LogP contribution in [0.25, 0.3) is 0 Å². The Morgan fingerprint density at radius 3 is 3.08 bits per heavy atom. The van der Waals surface area contributed by atoms with Crippen molar-refractivity contribution in [3.8, 4) is 0 Å². The minimum absolute atomic E-state index is 0.0834. The molecule has 13 heavy (non-hydrogen) atoms. The number of carbonyl (C=O) groups is 1. The average Bonchev–Trinajstić information content (AvgIpc) is 2.77. The predicted octanol–water partition coefficient (Wildman–Crippen LogP) is 1.43. The molecule has 0 aromatic carbocycles. The Labute approximate surface area is 84.9 Å². The minimum atomic E-state index is -0.694. The Morgan fingerprint density at radius 1 is 1.69 bits per heavy atom. The smallest absolute Gasteiger partial charge is 0.307 e. The van der Waals surface area contributed by atoms with E-state index in [1.54, 1.807) is 0 Å². The second-order valence-electron chi connectivity index (χ2n) is 3.48. The molecule has 2 aliphatic rings. The third-order valence-electron chi connectivity index (χ3n) is 2.72. The van der Waals surface area contributed by atoms with Crippen LogP contribution in [0, 0.1) is 11.8 Å². The van der Waals surface area contributed by atoms with Crippen molar-refractivity contribution < 1.29 is 14.6 Å². The average molecular weight is 247 g/mol. The molecule has 2 fully saturated rings. The van der Waals surface area contributed by atoms with Crippen LogP contribution < -0.4 is 0 Å². The normalized spacial score (nSPS) is 42.2. The molecule has 1 N–H and O–H groups in total. The van der Waals surface area contributed by atoms with Crippen LogP contribution in [0.1, 0.15) is 6.42 Å². The Kier molecular flexibility index (Phi) is 2.43. The molecule has 0 bridgehead atoms. The summed E-state index contributed by atoms with van der Waals surface area (Å²) in [5.74, 6) is -0.848. The topological polar surface area (TPSA) is 49.8 Å². The highest BCUT2D eigenvalue weighted by molar-refractivity contribution is 9.09. The number of rotatable bonds is 3. The molecule has 0 radical (unpaired) electrons. The second-order valence-corrected chi connectivity index (χ2v) is 4.13. The molecule has 4 atom stereocenters. The second kappa shape index (κ2) is 3.42. The lowest BCUT2D eigenvalue weighted by atomic mass is 9.95. The van der Waals surface area contributed by atoms with Gasteiger partial charge in [0.2, 0.25) is 0 Å². The van der Waals surface area contributed by atoms with Gasteiger partial charge >= 0.3 is 5.97 Å². The molecule has 1 aliphatic carbocycles. The molecule has 0 spiro atoms. The highest BCUT2D eigenvalue weighted by atomic mass is 79.9. The number of epoxide rings is 1. The minimum Gasteiger partial charge on any atom is -0.481 e. The number of halogens is 1. The number of fused-ring (bicyclic) bond motifs is 1. The van der Waals surface area contributed by atoms with Gasteiger partial charge in [-0.2, -0.15) is 0 Å². The summed E-state index contributed by atoms with van der Waals surface area (Å²) in [4.78, 5) is 10.8. The number of hydrogen-bond donors (Lipinski definition) is 1. The maximum Gasteiger partial charge on any atom is 0.307 e. The van der Waals surface area contributed by atoms with Crippen molar-refractivity contribution in [1.82, 2.24) is 0 Å². The van der Waals surface area contributed by atoms with Gasteiger partial charge in [-0.1, -0.05) is 28.1 Å². The molecular weight excluding hydrogens is 236 g/mol. The van der Waals surface area contributed by atoms with E-state index in [9.17, 15) is 4.79 Å². The van der Waals surface area contributed by atoms with E-state index in [0.717, 1.165) is 5.33 Å². The van der Waals surface area contributed by atoms with E-state index in [2.05, 4.69) is 15.9 Å². The summed E-state index contributed by atoms with van der Waals surface area (Å²) in [6.07, 6.45) is 4.98. The first-order valence-electron chi connectivity index (χ1n) is 4.35. The van der Waals surface area contributed by atoms with E-state index in [-0.39, 0.29) is 24.0 Å². The van der Waals surface area contributed by atoms with Crippen LogP contribution >= 0.6 is 15.9 Å². The molecule has 4 heteroatoms. The van der Waals surface area contributed by atoms with Crippen LogP contribution in [-0.2, 0) is 9.53 Å². The fraction of sp³-hybridized carbons (Fsp3) is 0.667. The molecule has 1 saturated carbocycles. The van der Waals surface area contributed by atoms with Gasteiger partial charge in [-0.3, -0.25) is 4.79 Å². The zero-order valence-electron chi connectivity index (χ0n) is 7.02. The molecule has 0 aromatic heterocycles. The maximum absolute atomic E-state index is 10.8. The first-order valence-corrected chi connectivity index (χ1v) is 5.47. The zero-order chi connectivity index (χ0) is 9.42. The molecule has 1 saturated heterocycles. The SMILES string of the molecule is O=C(O)C1CC2OC2C1C=CCBr. The van der Waals surface area contributed by atoms with Crippen molar-refractivity contribution >= 4 is 21.9 Å². The fourth-order valence-corrected chi connectivity index (χ4v) is 2.25. The third kappa shape index (κ3) is 1.65. The highest BCUT2D eigenvalue weighted by Crippen LogP contribution is 2.47. The van der Waals surface area contributed by atoms with Crippen molar-refractivity contribution in [2.75, 3.05) is 5.33 Å². The van der Waals surface area contributed by atoms with Gasteiger partial charge in [0.15, 0.2) is 0 Å². The van der Waals surface area contributed by atoms with Gasteiger partial charge < -0.3 is 9.84 Å². The van der Waals surface area contributed by atoms with Crippen molar-refractivity contribution in [2.24, 2.45) is 11.8 Å². The summed E-state index contributed by atoms with van der Waals surface area (Å²) in [6.45, 7) is 0. The number of ether oxygens (including phenoxy) is 1. The molecule has 2 rings (SSSR count). The zero-order valence-corrected chi connectivity index (χ0v) is 8.61. The summed E-state index contributed by atoms with van der Waals surface area (Å²) in [6, 6.07) is 0. The number of allylic oxidation sites excluding steroid dienone is 1. The summed E-state index contributed by atoms with van der Waals surface area (Å²) < 4.78 is 5.31. The Balaban J connectivity index is 2.04. The standard InChI is InChI=1S/C9H11BrO3/c10-3-1-2-5-6(9(11)12)4-7-8(5)13-7/h1-2,5-8H,3-4H2,(H,11,12). The Hall–Kier alpha value is -0.350. The fourth-order valence-electron chi connectivity index (χ4n) is 2.04. The number of aliphatic carboxylic acids is 1. The van der Waals surface area contributed by atoms with Crippen molar-refractivity contribution in [2.45, 2.75) is 18.6 Å². The van der Waals surface area contributed by atoms with Crippen molar-refractivity contribution in [3.63, 3.8) is 0 Å². The molecule has 0 aromatic rings. The Morgan fingerprint density at radius 2 is 2.46 bits per heavy atom. The van der Waals surface area contributed by atoms with E-state index in [0.29, 0.717) is 6.42 Å². The van der Waals surface area contributed by atoms with Gasteiger partial charge in [0.05, 0.1) is 18.1 Å². The maximum atomic E-state index is 10.8. The van der Waals surface area contributed by atoms with E-state index < -0.39 is 5.97 Å². The Bertz CT molecular complexity index is 251. The summed E-state index contributed by atoms with van der Waals surface area (Å²) in [7, 11) is 0. The van der Waals surface area contributed by atoms with Gasteiger partial charge in [-0.25, -0.2) is 0 Å². The summed E-state index contributed by atoms with van der Waals surface area (Å²) >= 11 is 3.27. The van der Waals surface area contributed by atoms with E-state index in [1.807, 2.05) is 12.2 Å².